The molecule has 21 heavy (non-hydrogen) atoms. The molecule has 2 aromatic rings. The van der Waals surface area contributed by atoms with Gasteiger partial charge in [0.05, 0.1) is 7.11 Å². The molecule has 2 atom stereocenters. The highest BCUT2D eigenvalue weighted by Crippen LogP contribution is 2.36. The van der Waals surface area contributed by atoms with Crippen molar-refractivity contribution in [2.75, 3.05) is 7.11 Å². The average Bonchev–Trinajstić information content (AvgIpc) is 2.53. The summed E-state index contributed by atoms with van der Waals surface area (Å²) in [6.07, 6.45) is 3.03. The molecule has 0 fully saturated rings. The second-order valence-electron chi connectivity index (χ2n) is 5.51. The molecule has 0 radical (unpaired) electrons. The van der Waals surface area contributed by atoms with Crippen LogP contribution in [0.25, 0.3) is 0 Å². The van der Waals surface area contributed by atoms with E-state index >= 15 is 0 Å². The molecule has 0 aromatic heterocycles. The molecule has 110 valence electrons. The van der Waals surface area contributed by atoms with E-state index in [1.807, 2.05) is 24.3 Å². The second kappa shape index (κ2) is 6.19. The van der Waals surface area contributed by atoms with Crippen LogP contribution in [-0.4, -0.2) is 13.2 Å². The normalized spacial score (nSPS) is 20.5. The molecule has 0 aliphatic carbocycles. The van der Waals surface area contributed by atoms with Gasteiger partial charge in [-0.15, -0.1) is 0 Å². The minimum atomic E-state index is 0.0421. The number of hydrogen-bond donors (Lipinski definition) is 1. The maximum Gasteiger partial charge on any atom is 0.128 e. The lowest BCUT2D eigenvalue weighted by Crippen LogP contribution is -2.29. The first-order valence-electron chi connectivity index (χ1n) is 7.40. The molecule has 0 spiro atoms. The molecule has 2 N–H and O–H groups in total. The number of nitrogens with two attached hydrogens (primary N) is 1. The first-order chi connectivity index (χ1) is 10.3. The van der Waals surface area contributed by atoms with Crippen LogP contribution in [0.3, 0.4) is 0 Å². The van der Waals surface area contributed by atoms with E-state index in [0.717, 1.165) is 36.3 Å². The van der Waals surface area contributed by atoms with Crippen molar-refractivity contribution in [1.29, 1.82) is 0 Å². The van der Waals surface area contributed by atoms with Crippen molar-refractivity contribution in [3.8, 4) is 11.5 Å². The van der Waals surface area contributed by atoms with Gasteiger partial charge in [-0.2, -0.15) is 0 Å². The first kappa shape index (κ1) is 14.0. The van der Waals surface area contributed by atoms with Gasteiger partial charge in [0.15, 0.2) is 0 Å². The van der Waals surface area contributed by atoms with Crippen molar-refractivity contribution < 1.29 is 9.47 Å². The number of hydrogen-bond acceptors (Lipinski definition) is 3. The minimum absolute atomic E-state index is 0.0421. The maximum absolute atomic E-state index is 6.28. The van der Waals surface area contributed by atoms with Crippen molar-refractivity contribution >= 4 is 0 Å². The zero-order valence-corrected chi connectivity index (χ0v) is 12.3. The summed E-state index contributed by atoms with van der Waals surface area (Å²) >= 11 is 0. The van der Waals surface area contributed by atoms with Gasteiger partial charge < -0.3 is 15.2 Å². The van der Waals surface area contributed by atoms with E-state index in [9.17, 15) is 0 Å². The number of fused-ring (bicyclic) bond motifs is 1. The third kappa shape index (κ3) is 3.19. The van der Waals surface area contributed by atoms with Gasteiger partial charge in [0.1, 0.15) is 17.6 Å². The number of ether oxygens (including phenoxy) is 2. The Bertz CT molecular complexity index is 597. The lowest BCUT2D eigenvalue weighted by atomic mass is 9.94. The Labute approximate surface area is 125 Å². The lowest BCUT2D eigenvalue weighted by Gasteiger charge is -2.30. The molecule has 3 heteroatoms. The van der Waals surface area contributed by atoms with Gasteiger partial charge in [0.2, 0.25) is 0 Å². The standard InChI is InChI=1S/C18H21NO2/c1-20-14-9-10-16-17(19)11-15(21-18(16)12-14)8-7-13-5-3-2-4-6-13/h2-6,9-10,12,15,17H,7-8,11,19H2,1H3. The molecule has 3 rings (SSSR count). The molecule has 2 aromatic carbocycles. The number of benzene rings is 2. The van der Waals surface area contributed by atoms with Crippen molar-refractivity contribution in [1.82, 2.24) is 0 Å². The zero-order valence-electron chi connectivity index (χ0n) is 12.3. The predicted molar refractivity (Wildman–Crippen MR) is 83.7 cm³/mol. The largest absolute Gasteiger partial charge is 0.497 e. The minimum Gasteiger partial charge on any atom is -0.497 e. The summed E-state index contributed by atoms with van der Waals surface area (Å²) in [5.74, 6) is 1.68. The molecule has 1 aliphatic heterocycles. The van der Waals surface area contributed by atoms with Gasteiger partial charge >= 0.3 is 0 Å². The smallest absolute Gasteiger partial charge is 0.128 e. The summed E-state index contributed by atoms with van der Waals surface area (Å²) < 4.78 is 11.4. The third-order valence-corrected chi connectivity index (χ3v) is 4.03. The van der Waals surface area contributed by atoms with Crippen LogP contribution in [-0.2, 0) is 6.42 Å². The summed E-state index contributed by atoms with van der Waals surface area (Å²) in [6, 6.07) is 16.4. The second-order valence-corrected chi connectivity index (χ2v) is 5.51. The van der Waals surface area contributed by atoms with Gasteiger partial charge in [-0.25, -0.2) is 0 Å². The molecule has 0 saturated heterocycles. The Hall–Kier alpha value is -2.00. The highest BCUT2D eigenvalue weighted by molar-refractivity contribution is 5.43. The summed E-state index contributed by atoms with van der Waals surface area (Å²) in [5, 5.41) is 0. The molecule has 0 amide bonds. The van der Waals surface area contributed by atoms with E-state index in [-0.39, 0.29) is 12.1 Å². The van der Waals surface area contributed by atoms with Gasteiger partial charge in [-0.1, -0.05) is 36.4 Å². The number of aryl methyl sites for hydroxylation is 1. The van der Waals surface area contributed by atoms with Crippen molar-refractivity contribution in [2.24, 2.45) is 5.73 Å². The Kier molecular flexibility index (Phi) is 4.11. The fraction of sp³-hybridized carbons (Fsp3) is 0.333. The highest BCUT2D eigenvalue weighted by Gasteiger charge is 2.26. The van der Waals surface area contributed by atoms with Crippen LogP contribution in [0, 0.1) is 0 Å². The molecule has 1 heterocycles. The predicted octanol–water partition coefficient (Wildman–Crippen LogP) is 3.48. The lowest BCUT2D eigenvalue weighted by molar-refractivity contribution is 0.150. The van der Waals surface area contributed by atoms with Gasteiger partial charge in [0.25, 0.3) is 0 Å². The monoisotopic (exact) mass is 283 g/mol. The van der Waals surface area contributed by atoms with E-state index in [1.165, 1.54) is 5.56 Å². The molecule has 0 saturated carbocycles. The van der Waals surface area contributed by atoms with Crippen LogP contribution in [0.2, 0.25) is 0 Å². The quantitative estimate of drug-likeness (QED) is 0.934. The Balaban J connectivity index is 1.69. The van der Waals surface area contributed by atoms with Crippen LogP contribution < -0.4 is 15.2 Å². The SMILES string of the molecule is COc1ccc2c(c1)OC(CCc1ccccc1)CC2N. The molecular formula is C18H21NO2. The Morgan fingerprint density at radius 3 is 2.76 bits per heavy atom. The summed E-state index contributed by atoms with van der Waals surface area (Å²) in [5.41, 5.74) is 8.69. The van der Waals surface area contributed by atoms with Crippen LogP contribution in [0.1, 0.15) is 30.0 Å². The van der Waals surface area contributed by atoms with E-state index < -0.39 is 0 Å². The Morgan fingerprint density at radius 1 is 1.19 bits per heavy atom. The van der Waals surface area contributed by atoms with Gasteiger partial charge in [0, 0.05) is 24.1 Å². The molecule has 2 unspecified atom stereocenters. The van der Waals surface area contributed by atoms with Crippen LogP contribution >= 0.6 is 0 Å². The van der Waals surface area contributed by atoms with Crippen molar-refractivity contribution in [3.63, 3.8) is 0 Å². The van der Waals surface area contributed by atoms with E-state index in [4.69, 9.17) is 15.2 Å². The summed E-state index contributed by atoms with van der Waals surface area (Å²) in [6.45, 7) is 0. The topological polar surface area (TPSA) is 44.5 Å². The van der Waals surface area contributed by atoms with Crippen molar-refractivity contribution in [3.05, 3.63) is 59.7 Å². The molecule has 0 bridgehead atoms. The van der Waals surface area contributed by atoms with E-state index in [2.05, 4.69) is 24.3 Å². The summed E-state index contributed by atoms with van der Waals surface area (Å²) in [7, 11) is 1.66. The Morgan fingerprint density at radius 2 is 2.00 bits per heavy atom. The fourth-order valence-electron chi connectivity index (χ4n) is 2.84. The van der Waals surface area contributed by atoms with E-state index in [0.29, 0.717) is 0 Å². The highest BCUT2D eigenvalue weighted by atomic mass is 16.5. The van der Waals surface area contributed by atoms with Crippen LogP contribution in [0.4, 0.5) is 0 Å². The fourth-order valence-corrected chi connectivity index (χ4v) is 2.84. The van der Waals surface area contributed by atoms with Crippen LogP contribution in [0.5, 0.6) is 11.5 Å². The number of rotatable bonds is 4. The molecular weight excluding hydrogens is 262 g/mol. The number of methoxy groups -OCH3 is 1. The van der Waals surface area contributed by atoms with Crippen LogP contribution in [0.15, 0.2) is 48.5 Å². The zero-order chi connectivity index (χ0) is 14.7. The maximum atomic E-state index is 6.28. The van der Waals surface area contributed by atoms with Gasteiger partial charge in [-0.3, -0.25) is 0 Å². The average molecular weight is 283 g/mol. The molecule has 1 aliphatic rings. The first-order valence-corrected chi connectivity index (χ1v) is 7.40. The summed E-state index contributed by atoms with van der Waals surface area (Å²) in [4.78, 5) is 0. The van der Waals surface area contributed by atoms with Crippen molar-refractivity contribution in [2.45, 2.75) is 31.4 Å². The third-order valence-electron chi connectivity index (χ3n) is 4.03. The molecule has 3 nitrogen and oxygen atoms in total. The van der Waals surface area contributed by atoms with E-state index in [1.54, 1.807) is 7.11 Å². The van der Waals surface area contributed by atoms with Gasteiger partial charge in [-0.05, 0) is 24.5 Å².